The zero-order valence-electron chi connectivity index (χ0n) is 25.7. The summed E-state index contributed by atoms with van der Waals surface area (Å²) >= 11 is 0.731. The third kappa shape index (κ3) is 6.16. The summed E-state index contributed by atoms with van der Waals surface area (Å²) in [5, 5.41) is 0.0423. The molecule has 8 nitrogen and oxygen atoms in total. The molecular formula is C31H36F6N4O4S. The largest absolute Gasteiger partial charge is 0.444 e. The Balaban J connectivity index is 1.19. The molecule has 2 aromatic rings. The minimum Gasteiger partial charge on any atom is -0.444 e. The fraction of sp³-hybridized carbons (Fsp3) is 0.645. The molecule has 1 spiro atoms. The van der Waals surface area contributed by atoms with Crippen LogP contribution in [0.2, 0.25) is 0 Å². The van der Waals surface area contributed by atoms with Crippen molar-refractivity contribution in [1.29, 1.82) is 0 Å². The Morgan fingerprint density at radius 2 is 1.80 bits per heavy atom. The molecule has 4 saturated heterocycles. The van der Waals surface area contributed by atoms with Crippen molar-refractivity contribution < 1.29 is 45.4 Å². The molecule has 1 aliphatic carbocycles. The van der Waals surface area contributed by atoms with Crippen molar-refractivity contribution in [3.63, 3.8) is 0 Å². The van der Waals surface area contributed by atoms with Crippen LogP contribution in [0, 0.1) is 11.3 Å². The highest BCUT2D eigenvalue weighted by Crippen LogP contribution is 2.50. The van der Waals surface area contributed by atoms with Crippen LogP contribution in [0.5, 0.6) is 0 Å². The zero-order valence-corrected chi connectivity index (χ0v) is 26.5. The number of anilines is 1. The van der Waals surface area contributed by atoms with Crippen molar-refractivity contribution in [2.75, 3.05) is 37.7 Å². The van der Waals surface area contributed by atoms with Gasteiger partial charge in [0, 0.05) is 48.1 Å². The zero-order chi connectivity index (χ0) is 33.4. The van der Waals surface area contributed by atoms with Gasteiger partial charge in [-0.3, -0.25) is 9.69 Å². The van der Waals surface area contributed by atoms with Gasteiger partial charge in [0.2, 0.25) is 5.91 Å². The van der Waals surface area contributed by atoms with Crippen molar-refractivity contribution in [1.82, 2.24) is 14.8 Å². The van der Waals surface area contributed by atoms with E-state index >= 15 is 0 Å². The van der Waals surface area contributed by atoms with Crippen molar-refractivity contribution in [2.45, 2.75) is 82.6 Å². The Kier molecular flexibility index (Phi) is 8.05. The minimum absolute atomic E-state index is 0.0423. The van der Waals surface area contributed by atoms with Gasteiger partial charge in [0.1, 0.15) is 16.5 Å². The number of fused-ring (bicyclic) bond motifs is 4. The number of alkyl halides is 6. The van der Waals surface area contributed by atoms with E-state index in [1.807, 2.05) is 0 Å². The van der Waals surface area contributed by atoms with E-state index in [1.54, 1.807) is 31.7 Å². The number of pyridine rings is 1. The highest BCUT2D eigenvalue weighted by Gasteiger charge is 2.59. The summed E-state index contributed by atoms with van der Waals surface area (Å²) in [5.74, 6) is -0.359. The molecule has 4 atom stereocenters. The van der Waals surface area contributed by atoms with Gasteiger partial charge >= 0.3 is 18.4 Å². The lowest BCUT2D eigenvalue weighted by atomic mass is 9.69. The smallest absolute Gasteiger partial charge is 0.419 e. The molecule has 1 saturated carbocycles. The second-order valence-corrected chi connectivity index (χ2v) is 15.0. The number of likely N-dealkylation sites (tertiary alicyclic amines) is 1. The lowest BCUT2D eigenvalue weighted by Crippen LogP contribution is -2.76. The predicted molar refractivity (Wildman–Crippen MR) is 159 cm³/mol. The second kappa shape index (κ2) is 11.3. The van der Waals surface area contributed by atoms with Gasteiger partial charge in [-0.25, -0.2) is 9.78 Å². The Hall–Kier alpha value is -3.07. The molecule has 0 N–H and O–H groups in total. The van der Waals surface area contributed by atoms with E-state index in [1.165, 1.54) is 9.80 Å². The van der Waals surface area contributed by atoms with Gasteiger partial charge in [0.15, 0.2) is 0 Å². The third-order valence-electron chi connectivity index (χ3n) is 9.18. The Morgan fingerprint density at radius 1 is 1.11 bits per heavy atom. The number of carbonyl (C=O) groups excluding carboxylic acids is 2. The van der Waals surface area contributed by atoms with Gasteiger partial charge in [-0.1, -0.05) is 6.08 Å². The van der Waals surface area contributed by atoms with E-state index in [0.717, 1.165) is 23.8 Å². The highest BCUT2D eigenvalue weighted by molar-refractivity contribution is 7.18. The Labute approximate surface area is 266 Å². The van der Waals surface area contributed by atoms with Crippen LogP contribution in [0.25, 0.3) is 10.2 Å². The summed E-state index contributed by atoms with van der Waals surface area (Å²) in [4.78, 5) is 36.0. The fourth-order valence-electron chi connectivity index (χ4n) is 7.52. The molecule has 6 heterocycles. The summed E-state index contributed by atoms with van der Waals surface area (Å²) < 4.78 is 93.0. The number of nitrogens with zero attached hydrogens (tertiary/aromatic N) is 4. The number of halogens is 6. The first-order valence-electron chi connectivity index (χ1n) is 15.2. The van der Waals surface area contributed by atoms with E-state index < -0.39 is 47.5 Å². The topological polar surface area (TPSA) is 75.2 Å². The second-order valence-electron chi connectivity index (χ2n) is 13.9. The number of hydrogen-bond donors (Lipinski definition) is 0. The first-order chi connectivity index (χ1) is 21.4. The van der Waals surface area contributed by atoms with E-state index in [9.17, 15) is 35.9 Å². The monoisotopic (exact) mass is 674 g/mol. The number of aromatic nitrogens is 1. The van der Waals surface area contributed by atoms with Crippen LogP contribution in [0.3, 0.4) is 0 Å². The van der Waals surface area contributed by atoms with Crippen LogP contribution in [-0.2, 0) is 26.9 Å². The van der Waals surface area contributed by atoms with E-state index in [4.69, 9.17) is 9.47 Å². The minimum atomic E-state index is -4.76. The van der Waals surface area contributed by atoms with Gasteiger partial charge in [0.05, 0.1) is 36.4 Å². The van der Waals surface area contributed by atoms with Crippen molar-refractivity contribution >= 4 is 39.2 Å². The van der Waals surface area contributed by atoms with Crippen molar-refractivity contribution in [3.8, 4) is 0 Å². The van der Waals surface area contributed by atoms with Crippen LogP contribution in [0.1, 0.15) is 50.5 Å². The van der Waals surface area contributed by atoms with Gasteiger partial charge in [-0.2, -0.15) is 26.3 Å². The molecule has 46 heavy (non-hydrogen) atoms. The summed E-state index contributed by atoms with van der Waals surface area (Å²) in [7, 11) is 0. The van der Waals surface area contributed by atoms with Gasteiger partial charge in [0.25, 0.3) is 0 Å². The molecule has 5 aliphatic rings. The maximum Gasteiger partial charge on any atom is 0.419 e. The molecule has 2 amide bonds. The molecule has 0 radical (unpaired) electrons. The molecule has 2 aromatic heterocycles. The summed E-state index contributed by atoms with van der Waals surface area (Å²) in [5.41, 5.74) is -2.42. The van der Waals surface area contributed by atoms with Gasteiger partial charge in [-0.05, 0) is 52.0 Å². The third-order valence-corrected chi connectivity index (χ3v) is 10.2. The first kappa shape index (κ1) is 32.9. The average molecular weight is 675 g/mol. The van der Waals surface area contributed by atoms with Crippen molar-refractivity contribution in [2.24, 2.45) is 11.3 Å². The maximum absolute atomic E-state index is 14.1. The number of amides is 2. The number of hydrogen-bond acceptors (Lipinski definition) is 7. The molecule has 15 heteroatoms. The predicted octanol–water partition coefficient (Wildman–Crippen LogP) is 6.43. The number of thiophene rings is 1. The van der Waals surface area contributed by atoms with Crippen LogP contribution in [0.15, 0.2) is 24.9 Å². The summed E-state index contributed by atoms with van der Waals surface area (Å²) in [6.07, 6.45) is -7.01. The molecule has 252 valence electrons. The van der Waals surface area contributed by atoms with Crippen LogP contribution in [0.4, 0.5) is 36.8 Å². The number of carbonyl (C=O) groups is 2. The SMILES string of the molecule is C=CCO[C@@H]1C[C@H]2CC[C@@H]1N(C(=O)OC(C)(C)C)[C@H]2C(=O)N1CC2(C1)CN(c1c(C(F)(F)F)cnc3sc(CC(F)(F)F)cc13)C2. The fourth-order valence-corrected chi connectivity index (χ4v) is 8.56. The number of ether oxygens (including phenoxy) is 2. The Morgan fingerprint density at radius 3 is 2.41 bits per heavy atom. The lowest BCUT2D eigenvalue weighted by molar-refractivity contribution is -0.167. The van der Waals surface area contributed by atoms with E-state index in [0.29, 0.717) is 38.7 Å². The van der Waals surface area contributed by atoms with Gasteiger partial charge < -0.3 is 19.3 Å². The molecule has 0 unspecified atom stereocenters. The quantitative estimate of drug-likeness (QED) is 0.260. The first-order valence-corrected chi connectivity index (χ1v) is 16.0. The summed E-state index contributed by atoms with van der Waals surface area (Å²) in [6, 6.07) is 0.0772. The standard InChI is InChI=1S/C31H36F6N4O4S/c1-5-8-44-22-9-17-6-7-21(22)41(27(43)45-28(2,3)4)23(17)26(42)40-15-29(16-40)13-39(14-29)24-19-10-18(11-30(32,33)34)46-25(19)38-12-20(24)31(35,36)37/h5,10,12,17,21-23H,1,6-9,11,13-16H2,2-4H3/t17-,21+,22-,23-/m1/s1. The highest BCUT2D eigenvalue weighted by atomic mass is 32.1. The van der Waals surface area contributed by atoms with Crippen LogP contribution in [-0.4, -0.2) is 89.5 Å². The molecular weight excluding hydrogens is 638 g/mol. The molecule has 5 fully saturated rings. The summed E-state index contributed by atoms with van der Waals surface area (Å²) in [6.45, 7) is 10.3. The lowest BCUT2D eigenvalue weighted by Gasteiger charge is -2.62. The average Bonchev–Trinajstić information content (AvgIpc) is 3.29. The molecule has 7 rings (SSSR count). The van der Waals surface area contributed by atoms with E-state index in [2.05, 4.69) is 11.6 Å². The maximum atomic E-state index is 14.1. The van der Waals surface area contributed by atoms with Crippen LogP contribution < -0.4 is 4.90 Å². The normalized spacial score (nSPS) is 25.9. The number of piperidine rings is 2. The number of rotatable bonds is 6. The van der Waals surface area contributed by atoms with Crippen molar-refractivity contribution in [3.05, 3.63) is 35.4 Å². The van der Waals surface area contributed by atoms with Crippen LogP contribution >= 0.6 is 11.3 Å². The Bertz CT molecular complexity index is 1520. The molecule has 0 aromatic carbocycles. The molecule has 2 bridgehead atoms. The van der Waals surface area contributed by atoms with Gasteiger partial charge in [-0.15, -0.1) is 17.9 Å². The van der Waals surface area contributed by atoms with E-state index in [-0.39, 0.29) is 57.8 Å². The molecule has 4 aliphatic heterocycles.